The van der Waals surface area contributed by atoms with Crippen LogP contribution in [0.2, 0.25) is 0 Å². The molecule has 0 atom stereocenters. The number of nitrogens with one attached hydrogen (secondary N) is 1. The molecule has 0 aliphatic carbocycles. The maximum absolute atomic E-state index is 12.3. The summed E-state index contributed by atoms with van der Waals surface area (Å²) in [6.45, 7) is 1.84. The highest BCUT2D eigenvalue weighted by Crippen LogP contribution is 2.29. The largest absolute Gasteiger partial charge is 0.435 e. The predicted octanol–water partition coefficient (Wildman–Crippen LogP) is 2.80. The predicted molar refractivity (Wildman–Crippen MR) is 51.6 cm³/mol. The van der Waals surface area contributed by atoms with E-state index in [0.29, 0.717) is 5.69 Å². The van der Waals surface area contributed by atoms with E-state index in [9.17, 15) is 13.2 Å². The van der Waals surface area contributed by atoms with Crippen molar-refractivity contribution in [2.75, 3.05) is 0 Å². The SMILES string of the molecule is Cc1ccnc(-c2cc(C(F)(F)F)n[nH]2)c1. The Balaban J connectivity index is 2.39. The van der Waals surface area contributed by atoms with Crippen LogP contribution in [0.25, 0.3) is 11.4 Å². The molecule has 2 aromatic heterocycles. The number of H-pyrrole nitrogens is 1. The van der Waals surface area contributed by atoms with E-state index in [1.807, 2.05) is 6.92 Å². The lowest BCUT2D eigenvalue weighted by atomic mass is 10.2. The van der Waals surface area contributed by atoms with Crippen LogP contribution in [0, 0.1) is 6.92 Å². The van der Waals surface area contributed by atoms with E-state index in [4.69, 9.17) is 0 Å². The van der Waals surface area contributed by atoms with Crippen molar-refractivity contribution in [2.24, 2.45) is 0 Å². The van der Waals surface area contributed by atoms with Crippen LogP contribution in [0.4, 0.5) is 13.2 Å². The molecule has 0 saturated heterocycles. The minimum absolute atomic E-state index is 0.260. The van der Waals surface area contributed by atoms with Gasteiger partial charge in [0.25, 0.3) is 0 Å². The van der Waals surface area contributed by atoms with Crippen molar-refractivity contribution < 1.29 is 13.2 Å². The van der Waals surface area contributed by atoms with Crippen molar-refractivity contribution in [1.82, 2.24) is 15.2 Å². The summed E-state index contributed by atoms with van der Waals surface area (Å²) in [7, 11) is 0. The molecule has 0 aliphatic heterocycles. The maximum Gasteiger partial charge on any atom is 0.435 e. The van der Waals surface area contributed by atoms with E-state index >= 15 is 0 Å². The van der Waals surface area contributed by atoms with E-state index in [-0.39, 0.29) is 5.69 Å². The van der Waals surface area contributed by atoms with Gasteiger partial charge in [0.1, 0.15) is 0 Å². The number of alkyl halides is 3. The normalized spacial score (nSPS) is 11.8. The average molecular weight is 227 g/mol. The second kappa shape index (κ2) is 3.62. The molecule has 0 aromatic carbocycles. The fourth-order valence-electron chi connectivity index (χ4n) is 1.28. The van der Waals surface area contributed by atoms with Crippen LogP contribution >= 0.6 is 0 Å². The first-order valence-corrected chi connectivity index (χ1v) is 4.52. The molecule has 0 unspecified atom stereocenters. The van der Waals surface area contributed by atoms with Crippen molar-refractivity contribution in [1.29, 1.82) is 0 Å². The van der Waals surface area contributed by atoms with E-state index in [2.05, 4.69) is 15.2 Å². The number of hydrogen-bond donors (Lipinski definition) is 1. The molecule has 84 valence electrons. The van der Waals surface area contributed by atoms with Crippen molar-refractivity contribution in [2.45, 2.75) is 13.1 Å². The zero-order chi connectivity index (χ0) is 11.8. The van der Waals surface area contributed by atoms with Gasteiger partial charge in [-0.3, -0.25) is 10.1 Å². The van der Waals surface area contributed by atoms with E-state index in [1.165, 1.54) is 0 Å². The first-order valence-electron chi connectivity index (χ1n) is 4.52. The summed E-state index contributed by atoms with van der Waals surface area (Å²) < 4.78 is 36.9. The lowest BCUT2D eigenvalue weighted by molar-refractivity contribution is -0.141. The molecule has 0 spiro atoms. The highest BCUT2D eigenvalue weighted by Gasteiger charge is 2.34. The third-order valence-electron chi connectivity index (χ3n) is 2.06. The van der Waals surface area contributed by atoms with Gasteiger partial charge >= 0.3 is 6.18 Å². The molecule has 1 N–H and O–H groups in total. The third-order valence-corrected chi connectivity index (χ3v) is 2.06. The Bertz CT molecular complexity index is 502. The molecule has 0 saturated carbocycles. The molecule has 0 amide bonds. The third kappa shape index (κ3) is 2.05. The molecule has 2 heterocycles. The van der Waals surface area contributed by atoms with Gasteiger partial charge in [0.15, 0.2) is 5.69 Å². The molecule has 3 nitrogen and oxygen atoms in total. The number of hydrogen-bond acceptors (Lipinski definition) is 2. The van der Waals surface area contributed by atoms with Crippen LogP contribution in [-0.2, 0) is 6.18 Å². The molecular formula is C10H8F3N3. The Morgan fingerprint density at radius 2 is 2.00 bits per heavy atom. The lowest BCUT2D eigenvalue weighted by Gasteiger charge is -1.99. The first-order chi connectivity index (χ1) is 7.47. The number of rotatable bonds is 1. The summed E-state index contributed by atoms with van der Waals surface area (Å²) in [5.74, 6) is 0. The van der Waals surface area contributed by atoms with E-state index in [1.54, 1.807) is 18.3 Å². The fraction of sp³-hybridized carbons (Fsp3) is 0.200. The van der Waals surface area contributed by atoms with E-state index in [0.717, 1.165) is 11.6 Å². The molecule has 0 radical (unpaired) electrons. The number of aromatic nitrogens is 3. The summed E-state index contributed by atoms with van der Waals surface area (Å²) in [5, 5.41) is 5.53. The van der Waals surface area contributed by atoms with Crippen molar-refractivity contribution in [3.63, 3.8) is 0 Å². The topological polar surface area (TPSA) is 41.6 Å². The van der Waals surface area contributed by atoms with Gasteiger partial charge < -0.3 is 0 Å². The number of nitrogens with zero attached hydrogens (tertiary/aromatic N) is 2. The second-order valence-corrected chi connectivity index (χ2v) is 3.38. The Kier molecular flexibility index (Phi) is 2.41. The Morgan fingerprint density at radius 1 is 1.25 bits per heavy atom. The number of pyridine rings is 1. The Morgan fingerprint density at radius 3 is 2.56 bits per heavy atom. The maximum atomic E-state index is 12.3. The Hall–Kier alpha value is -1.85. The highest BCUT2D eigenvalue weighted by atomic mass is 19.4. The van der Waals surface area contributed by atoms with E-state index < -0.39 is 11.9 Å². The van der Waals surface area contributed by atoms with Gasteiger partial charge in [-0.05, 0) is 30.7 Å². The van der Waals surface area contributed by atoms with Crippen molar-refractivity contribution >= 4 is 0 Å². The summed E-state index contributed by atoms with van der Waals surface area (Å²) in [5.41, 5.74) is 0.693. The molecule has 0 aliphatic rings. The van der Waals surface area contributed by atoms with Gasteiger partial charge in [-0.1, -0.05) is 0 Å². The van der Waals surface area contributed by atoms with Crippen LogP contribution in [0.1, 0.15) is 11.3 Å². The quantitative estimate of drug-likeness (QED) is 0.813. The molecule has 0 bridgehead atoms. The van der Waals surface area contributed by atoms with Crippen LogP contribution in [0.15, 0.2) is 24.4 Å². The van der Waals surface area contributed by atoms with Gasteiger partial charge in [-0.25, -0.2) is 0 Å². The van der Waals surface area contributed by atoms with Gasteiger partial charge in [0, 0.05) is 6.20 Å². The minimum atomic E-state index is -4.43. The lowest BCUT2D eigenvalue weighted by Crippen LogP contribution is -2.04. The molecular weight excluding hydrogens is 219 g/mol. The van der Waals surface area contributed by atoms with Crippen LogP contribution in [-0.4, -0.2) is 15.2 Å². The summed E-state index contributed by atoms with van der Waals surface area (Å²) in [6.07, 6.45) is -2.89. The monoisotopic (exact) mass is 227 g/mol. The second-order valence-electron chi connectivity index (χ2n) is 3.38. The fourth-order valence-corrected chi connectivity index (χ4v) is 1.28. The summed E-state index contributed by atoms with van der Waals surface area (Å²) in [4.78, 5) is 3.97. The molecule has 16 heavy (non-hydrogen) atoms. The molecule has 2 aromatic rings. The highest BCUT2D eigenvalue weighted by molar-refractivity contribution is 5.55. The summed E-state index contributed by atoms with van der Waals surface area (Å²) in [6, 6.07) is 4.40. The average Bonchev–Trinajstić information content (AvgIpc) is 2.65. The van der Waals surface area contributed by atoms with Gasteiger partial charge in [-0.2, -0.15) is 18.3 Å². The van der Waals surface area contributed by atoms with Crippen molar-refractivity contribution in [3.05, 3.63) is 35.7 Å². The Labute approximate surface area is 89.3 Å². The van der Waals surface area contributed by atoms with Crippen LogP contribution < -0.4 is 0 Å². The molecule has 0 fully saturated rings. The minimum Gasteiger partial charge on any atom is -0.276 e. The van der Waals surface area contributed by atoms with Crippen LogP contribution in [0.3, 0.4) is 0 Å². The van der Waals surface area contributed by atoms with Gasteiger partial charge in [-0.15, -0.1) is 0 Å². The van der Waals surface area contributed by atoms with Gasteiger partial charge in [0.05, 0.1) is 11.4 Å². The number of aryl methyl sites for hydroxylation is 1. The number of aromatic amines is 1. The first kappa shape index (κ1) is 10.7. The van der Waals surface area contributed by atoms with Gasteiger partial charge in [0.2, 0.25) is 0 Å². The zero-order valence-corrected chi connectivity index (χ0v) is 8.34. The number of halogens is 3. The molecule has 2 rings (SSSR count). The zero-order valence-electron chi connectivity index (χ0n) is 8.34. The molecule has 6 heteroatoms. The smallest absolute Gasteiger partial charge is 0.276 e. The summed E-state index contributed by atoms with van der Waals surface area (Å²) >= 11 is 0. The van der Waals surface area contributed by atoms with Crippen LogP contribution in [0.5, 0.6) is 0 Å². The van der Waals surface area contributed by atoms with Crippen molar-refractivity contribution in [3.8, 4) is 11.4 Å². The standard InChI is InChI=1S/C10H8F3N3/c1-6-2-3-14-7(4-6)8-5-9(16-15-8)10(11,12)13/h2-5H,1H3,(H,15,16).